The summed E-state index contributed by atoms with van der Waals surface area (Å²) in [7, 11) is 0. The first-order chi connectivity index (χ1) is 23.2. The van der Waals surface area contributed by atoms with Crippen LogP contribution in [0.2, 0.25) is 0 Å². The number of aryl methyl sites for hydroxylation is 1. The minimum atomic E-state index is 0.00580. The Labute approximate surface area is 291 Å². The first-order valence-electron chi connectivity index (χ1n) is 20.3. The molecule has 0 aliphatic rings. The number of aromatic amines is 1. The Morgan fingerprint density at radius 3 is 1.51 bits per heavy atom. The molecular weight excluding hydrogens is 569 g/mol. The van der Waals surface area contributed by atoms with Crippen LogP contribution in [0.25, 0.3) is 0 Å². The maximum Gasteiger partial charge on any atom is 0.258 e. The molecule has 2 aromatic carbocycles. The van der Waals surface area contributed by atoms with Gasteiger partial charge in [-0.1, -0.05) is 210 Å². The summed E-state index contributed by atoms with van der Waals surface area (Å²) in [4.78, 5) is 3.80. The SMILES string of the molecule is CCCCCCCCCCCCCCCC[n+]1cc[nH]c1C(CCCCCCCCCC)C(C)(Cc1ccccc1)c1ccccc1. The van der Waals surface area contributed by atoms with E-state index in [2.05, 4.69) is 103 Å². The van der Waals surface area contributed by atoms with Crippen molar-refractivity contribution in [3.05, 3.63) is 90.0 Å². The number of H-pyrrole nitrogens is 1. The Morgan fingerprint density at radius 1 is 0.553 bits per heavy atom. The van der Waals surface area contributed by atoms with E-state index in [1.54, 1.807) is 0 Å². The van der Waals surface area contributed by atoms with Gasteiger partial charge >= 0.3 is 0 Å². The van der Waals surface area contributed by atoms with Crippen LogP contribution in [0.1, 0.15) is 191 Å². The molecule has 47 heavy (non-hydrogen) atoms. The molecule has 3 rings (SSSR count). The summed E-state index contributed by atoms with van der Waals surface area (Å²) in [5.74, 6) is 1.87. The highest BCUT2D eigenvalue weighted by atomic mass is 15.1. The number of unbranched alkanes of at least 4 members (excludes halogenated alkanes) is 20. The molecule has 0 aliphatic heterocycles. The maximum atomic E-state index is 3.80. The fraction of sp³-hybridized carbons (Fsp3) is 0.667. The topological polar surface area (TPSA) is 19.7 Å². The van der Waals surface area contributed by atoms with E-state index in [-0.39, 0.29) is 5.41 Å². The minimum Gasteiger partial charge on any atom is -0.247 e. The lowest BCUT2D eigenvalue weighted by molar-refractivity contribution is -0.705. The molecule has 0 fully saturated rings. The molecule has 0 spiro atoms. The highest BCUT2D eigenvalue weighted by Crippen LogP contribution is 2.43. The molecule has 1 N–H and O–H groups in total. The molecular formula is C45H73N2+. The predicted molar refractivity (Wildman–Crippen MR) is 205 cm³/mol. The van der Waals surface area contributed by atoms with Gasteiger partial charge in [0.15, 0.2) is 0 Å². The molecule has 262 valence electrons. The molecule has 0 saturated carbocycles. The van der Waals surface area contributed by atoms with Gasteiger partial charge in [0.05, 0.1) is 12.5 Å². The van der Waals surface area contributed by atoms with E-state index in [1.165, 1.54) is 165 Å². The van der Waals surface area contributed by atoms with Crippen LogP contribution >= 0.6 is 0 Å². The quantitative estimate of drug-likeness (QED) is 0.0575. The van der Waals surface area contributed by atoms with Gasteiger partial charge in [-0.3, -0.25) is 0 Å². The zero-order valence-corrected chi connectivity index (χ0v) is 31.1. The Bertz CT molecular complexity index is 1120. The summed E-state index contributed by atoms with van der Waals surface area (Å²) in [6.45, 7) is 8.29. The van der Waals surface area contributed by atoms with Gasteiger partial charge in [0.2, 0.25) is 0 Å². The predicted octanol–water partition coefficient (Wildman–Crippen LogP) is 13.6. The van der Waals surface area contributed by atoms with Crippen LogP contribution in [0.3, 0.4) is 0 Å². The Kier molecular flexibility index (Phi) is 20.6. The highest BCUT2D eigenvalue weighted by molar-refractivity contribution is 5.32. The zero-order chi connectivity index (χ0) is 33.3. The largest absolute Gasteiger partial charge is 0.258 e. The van der Waals surface area contributed by atoms with Gasteiger partial charge in [-0.15, -0.1) is 0 Å². The summed E-state index contributed by atoms with van der Waals surface area (Å²) >= 11 is 0. The van der Waals surface area contributed by atoms with Crippen LogP contribution in [0.4, 0.5) is 0 Å². The number of hydrogen-bond acceptors (Lipinski definition) is 0. The Morgan fingerprint density at radius 2 is 1.00 bits per heavy atom. The number of rotatable bonds is 29. The van der Waals surface area contributed by atoms with Crippen molar-refractivity contribution in [2.75, 3.05) is 0 Å². The molecule has 2 atom stereocenters. The fourth-order valence-corrected chi connectivity index (χ4v) is 7.85. The lowest BCUT2D eigenvalue weighted by atomic mass is 9.66. The number of benzene rings is 2. The van der Waals surface area contributed by atoms with Gasteiger partial charge in [-0.25, -0.2) is 9.55 Å². The number of aromatic nitrogens is 2. The second-order valence-electron chi connectivity index (χ2n) is 14.9. The standard InChI is InChI=1S/C45H72N2/c1-4-6-8-10-12-14-15-16-17-18-19-21-23-31-38-47-39-37-46-44(47)43(36-30-22-20-13-11-9-7-5-2)45(3,42-34-28-25-29-35-42)40-41-32-26-24-27-33-41/h24-29,32-35,37,39,43H,4-23,30-31,36,38,40H2,1-3H3/p+1. The lowest BCUT2D eigenvalue weighted by Gasteiger charge is -2.37. The molecule has 0 saturated heterocycles. The van der Waals surface area contributed by atoms with E-state index in [4.69, 9.17) is 0 Å². The summed E-state index contributed by atoms with van der Waals surface area (Å²) in [6.07, 6.45) is 37.5. The molecule has 2 heteroatoms. The molecule has 2 nitrogen and oxygen atoms in total. The molecule has 2 unspecified atom stereocenters. The van der Waals surface area contributed by atoms with E-state index in [9.17, 15) is 0 Å². The van der Waals surface area contributed by atoms with Crippen LogP contribution < -0.4 is 4.57 Å². The molecule has 1 heterocycles. The fourth-order valence-electron chi connectivity index (χ4n) is 7.85. The van der Waals surface area contributed by atoms with Crippen LogP contribution in [-0.2, 0) is 18.4 Å². The van der Waals surface area contributed by atoms with Crippen molar-refractivity contribution in [1.29, 1.82) is 0 Å². The lowest BCUT2D eigenvalue weighted by Crippen LogP contribution is -2.43. The molecule has 1 aromatic heterocycles. The van der Waals surface area contributed by atoms with Gasteiger partial charge in [0.1, 0.15) is 12.4 Å². The maximum absolute atomic E-state index is 3.80. The molecule has 0 amide bonds. The van der Waals surface area contributed by atoms with E-state index >= 15 is 0 Å². The molecule has 0 aliphatic carbocycles. The van der Waals surface area contributed by atoms with Crippen molar-refractivity contribution < 1.29 is 4.57 Å². The average molecular weight is 642 g/mol. The highest BCUT2D eigenvalue weighted by Gasteiger charge is 2.41. The van der Waals surface area contributed by atoms with Crippen LogP contribution in [0.15, 0.2) is 73.1 Å². The Hall–Kier alpha value is -2.35. The summed E-state index contributed by atoms with van der Waals surface area (Å²) in [5, 5.41) is 0. The average Bonchev–Trinajstić information content (AvgIpc) is 3.56. The number of nitrogens with zero attached hydrogens (tertiary/aromatic N) is 1. The van der Waals surface area contributed by atoms with Gasteiger partial charge in [-0.05, 0) is 36.8 Å². The molecule has 3 aromatic rings. The third kappa shape index (κ3) is 15.2. The number of nitrogens with one attached hydrogen (secondary N) is 1. The van der Waals surface area contributed by atoms with Crippen LogP contribution in [-0.4, -0.2) is 4.98 Å². The second-order valence-corrected chi connectivity index (χ2v) is 14.9. The molecule has 0 radical (unpaired) electrons. The van der Waals surface area contributed by atoms with Gasteiger partial charge in [-0.2, -0.15) is 0 Å². The number of hydrogen-bond donors (Lipinski definition) is 1. The number of imidazole rings is 1. The van der Waals surface area contributed by atoms with E-state index < -0.39 is 0 Å². The second kappa shape index (κ2) is 24.7. The van der Waals surface area contributed by atoms with Gasteiger partial charge in [0.25, 0.3) is 5.82 Å². The van der Waals surface area contributed by atoms with Crippen molar-refractivity contribution in [3.8, 4) is 0 Å². The first kappa shape index (κ1) is 39.1. The van der Waals surface area contributed by atoms with Crippen molar-refractivity contribution in [1.82, 2.24) is 4.98 Å². The monoisotopic (exact) mass is 642 g/mol. The third-order valence-electron chi connectivity index (χ3n) is 10.8. The van der Waals surface area contributed by atoms with Gasteiger partial charge < -0.3 is 0 Å². The minimum absolute atomic E-state index is 0.00580. The summed E-state index contributed by atoms with van der Waals surface area (Å²) in [6, 6.07) is 22.6. The zero-order valence-electron chi connectivity index (χ0n) is 31.1. The summed E-state index contributed by atoms with van der Waals surface area (Å²) in [5.41, 5.74) is 2.90. The van der Waals surface area contributed by atoms with Crippen molar-refractivity contribution >= 4 is 0 Å². The normalized spacial score (nSPS) is 13.5. The smallest absolute Gasteiger partial charge is 0.247 e. The third-order valence-corrected chi connectivity index (χ3v) is 10.8. The van der Waals surface area contributed by atoms with E-state index in [0.29, 0.717) is 5.92 Å². The molecule has 0 bridgehead atoms. The van der Waals surface area contributed by atoms with E-state index in [1.807, 2.05) is 0 Å². The van der Waals surface area contributed by atoms with Crippen LogP contribution in [0, 0.1) is 0 Å². The van der Waals surface area contributed by atoms with Crippen molar-refractivity contribution in [2.24, 2.45) is 0 Å². The van der Waals surface area contributed by atoms with E-state index in [0.717, 1.165) is 13.0 Å². The van der Waals surface area contributed by atoms with Gasteiger partial charge in [0, 0.05) is 5.41 Å². The van der Waals surface area contributed by atoms with Crippen molar-refractivity contribution in [3.63, 3.8) is 0 Å². The van der Waals surface area contributed by atoms with Crippen LogP contribution in [0.5, 0.6) is 0 Å². The first-order valence-corrected chi connectivity index (χ1v) is 20.3. The van der Waals surface area contributed by atoms with Crippen molar-refractivity contribution in [2.45, 2.75) is 193 Å². The summed E-state index contributed by atoms with van der Waals surface area (Å²) < 4.78 is 2.59. The Balaban J connectivity index is 1.57.